The fraction of sp³-hybridized carbons (Fsp3) is 0.421. The van der Waals surface area contributed by atoms with E-state index in [-0.39, 0.29) is 45.4 Å². The van der Waals surface area contributed by atoms with Crippen molar-refractivity contribution in [1.82, 2.24) is 19.3 Å². The van der Waals surface area contributed by atoms with Crippen LogP contribution in [0.1, 0.15) is 35.5 Å². The first-order valence-corrected chi connectivity index (χ1v) is 10.6. The molecule has 2 unspecified atom stereocenters. The number of alkyl halides is 4. The van der Waals surface area contributed by atoms with Gasteiger partial charge in [0, 0.05) is 28.2 Å². The molecule has 3 heterocycles. The van der Waals surface area contributed by atoms with Crippen LogP contribution in [0.4, 0.5) is 17.6 Å². The van der Waals surface area contributed by atoms with E-state index >= 15 is 0 Å². The second-order valence-corrected chi connectivity index (χ2v) is 8.50. The molecule has 0 fully saturated rings. The molecule has 0 radical (unpaired) electrons. The predicted molar refractivity (Wildman–Crippen MR) is 110 cm³/mol. The molecule has 0 spiro atoms. The lowest BCUT2D eigenvalue weighted by Crippen LogP contribution is -2.25. The number of hydrogen-bond donors (Lipinski definition) is 1. The maximum atomic E-state index is 14.0. The average molecular weight is 521 g/mol. The van der Waals surface area contributed by atoms with Gasteiger partial charge < -0.3 is 14.3 Å². The van der Waals surface area contributed by atoms with Gasteiger partial charge in [-0.3, -0.25) is 4.68 Å². The minimum atomic E-state index is -4.62. The third-order valence-corrected chi connectivity index (χ3v) is 6.42. The molecule has 0 aliphatic carbocycles. The van der Waals surface area contributed by atoms with Gasteiger partial charge in [-0.25, -0.2) is 9.18 Å². The van der Waals surface area contributed by atoms with Crippen LogP contribution < -0.4 is 0 Å². The second-order valence-electron chi connectivity index (χ2n) is 7.26. The molecule has 3 aromatic rings. The minimum Gasteiger partial charge on any atom is -0.464 e. The summed E-state index contributed by atoms with van der Waals surface area (Å²) in [6.07, 6.45) is -4.60. The summed E-state index contributed by atoms with van der Waals surface area (Å²) in [6.45, 7) is 3.34. The molecule has 12 heteroatoms. The zero-order chi connectivity index (χ0) is 22.7. The Hall–Kier alpha value is -2.21. The molecule has 1 N–H and O–H groups in total. The number of carbonyl (C=O) groups excluding carboxylic acids is 1. The molecular formula is C19H17BrF4N4O2S. The van der Waals surface area contributed by atoms with Crippen molar-refractivity contribution in [3.8, 4) is 0 Å². The molecule has 166 valence electrons. The highest BCUT2D eigenvalue weighted by Crippen LogP contribution is 2.39. The van der Waals surface area contributed by atoms with Gasteiger partial charge in [-0.2, -0.15) is 18.3 Å². The molecule has 0 amide bonds. The zero-order valence-corrected chi connectivity index (χ0v) is 18.8. The van der Waals surface area contributed by atoms with E-state index in [0.29, 0.717) is 11.3 Å². The fourth-order valence-electron chi connectivity index (χ4n) is 3.87. The number of fused-ring (bicyclic) bond motifs is 2. The molecular weight excluding hydrogens is 504 g/mol. The third-order valence-electron chi connectivity index (χ3n) is 5.28. The molecule has 0 bridgehead atoms. The summed E-state index contributed by atoms with van der Waals surface area (Å²) in [7, 11) is 0. The van der Waals surface area contributed by atoms with Crippen molar-refractivity contribution >= 4 is 45.0 Å². The highest BCUT2D eigenvalue weighted by molar-refractivity contribution is 9.10. The van der Waals surface area contributed by atoms with Crippen molar-refractivity contribution < 1.29 is 27.1 Å². The molecule has 2 aromatic heterocycles. The molecule has 1 aliphatic rings. The third kappa shape index (κ3) is 3.69. The Morgan fingerprint density at radius 3 is 2.84 bits per heavy atom. The number of nitrogens with zero attached hydrogens (tertiary/aromatic N) is 3. The number of aromatic amines is 1. The Bertz CT molecular complexity index is 1250. The van der Waals surface area contributed by atoms with Crippen molar-refractivity contribution in [1.29, 1.82) is 0 Å². The molecule has 0 saturated heterocycles. The zero-order valence-electron chi connectivity index (χ0n) is 16.4. The van der Waals surface area contributed by atoms with E-state index in [0.717, 1.165) is 10.7 Å². The summed E-state index contributed by atoms with van der Waals surface area (Å²) in [4.78, 5) is 15.8. The predicted octanol–water partition coefficient (Wildman–Crippen LogP) is 5.03. The Balaban J connectivity index is 1.96. The van der Waals surface area contributed by atoms with Gasteiger partial charge >= 0.3 is 12.1 Å². The van der Waals surface area contributed by atoms with Crippen LogP contribution in [0.3, 0.4) is 0 Å². The summed E-state index contributed by atoms with van der Waals surface area (Å²) in [6, 6.07) is -0.254. The number of H-pyrrole nitrogens is 1. The number of carbonyl (C=O) groups is 1. The van der Waals surface area contributed by atoms with Gasteiger partial charge in [-0.1, -0.05) is 15.9 Å². The van der Waals surface area contributed by atoms with E-state index in [1.165, 1.54) is 6.20 Å². The molecule has 4 rings (SSSR count). The number of halogens is 5. The summed E-state index contributed by atoms with van der Waals surface area (Å²) < 4.78 is 63.3. The number of hydrogen-bond acceptors (Lipinski definition) is 4. The van der Waals surface area contributed by atoms with Crippen LogP contribution in [0, 0.1) is 11.7 Å². The number of aryl methyl sites for hydroxylation is 1. The Morgan fingerprint density at radius 1 is 1.48 bits per heavy atom. The van der Waals surface area contributed by atoms with E-state index in [2.05, 4.69) is 26.0 Å². The van der Waals surface area contributed by atoms with Crippen molar-refractivity contribution in [2.45, 2.75) is 45.2 Å². The quantitative estimate of drug-likeness (QED) is 0.297. The second kappa shape index (κ2) is 7.73. The number of benzene rings is 1. The van der Waals surface area contributed by atoms with Gasteiger partial charge in [0.2, 0.25) is 0 Å². The molecule has 1 aromatic carbocycles. The largest absolute Gasteiger partial charge is 0.464 e. The van der Waals surface area contributed by atoms with E-state index < -0.39 is 29.9 Å². The van der Waals surface area contributed by atoms with Crippen molar-refractivity contribution in [3.05, 3.63) is 44.0 Å². The van der Waals surface area contributed by atoms with Crippen LogP contribution >= 0.6 is 28.1 Å². The van der Waals surface area contributed by atoms with Gasteiger partial charge in [0.15, 0.2) is 10.8 Å². The first-order valence-electron chi connectivity index (χ1n) is 9.40. The fourth-order valence-corrected chi connectivity index (χ4v) is 4.58. The minimum absolute atomic E-state index is 0.0253. The van der Waals surface area contributed by atoms with Crippen LogP contribution in [0.25, 0.3) is 10.9 Å². The number of imidazole rings is 1. The molecule has 0 saturated carbocycles. The molecule has 6 nitrogen and oxygen atoms in total. The molecule has 1 aliphatic heterocycles. The SMILES string of the molecule is CCOC(=O)C(c1[nH]c(=S)n2c1CC(F)C2)n1cc2c(C(F)(F)F)cc(Br)c(C)c2n1. The number of esters is 1. The van der Waals surface area contributed by atoms with Crippen molar-refractivity contribution in [2.75, 3.05) is 6.61 Å². The molecule has 2 atom stereocenters. The normalized spacial score (nSPS) is 17.2. The number of aromatic nitrogens is 4. The maximum absolute atomic E-state index is 14.0. The van der Waals surface area contributed by atoms with E-state index in [9.17, 15) is 22.4 Å². The number of rotatable bonds is 4. The first-order chi connectivity index (χ1) is 14.5. The average Bonchev–Trinajstić information content (AvgIpc) is 3.34. The van der Waals surface area contributed by atoms with E-state index in [4.69, 9.17) is 17.0 Å². The van der Waals surface area contributed by atoms with Gasteiger partial charge in [0.05, 0.1) is 29.9 Å². The lowest BCUT2D eigenvalue weighted by atomic mass is 10.1. The van der Waals surface area contributed by atoms with Crippen LogP contribution in [0.5, 0.6) is 0 Å². The maximum Gasteiger partial charge on any atom is 0.417 e. The number of ether oxygens (including phenoxy) is 1. The Labute approximate surface area is 187 Å². The van der Waals surface area contributed by atoms with Gasteiger partial charge in [0.25, 0.3) is 0 Å². The number of nitrogens with one attached hydrogen (secondary N) is 1. The monoisotopic (exact) mass is 520 g/mol. The summed E-state index contributed by atoms with van der Waals surface area (Å²) in [5.74, 6) is -0.734. The van der Waals surface area contributed by atoms with Crippen LogP contribution in [0.15, 0.2) is 16.7 Å². The summed E-state index contributed by atoms with van der Waals surface area (Å²) >= 11 is 8.40. The van der Waals surface area contributed by atoms with Gasteiger partial charge in [-0.05, 0) is 37.7 Å². The summed E-state index contributed by atoms with van der Waals surface area (Å²) in [5.41, 5.74) is 0.440. The van der Waals surface area contributed by atoms with Crippen molar-refractivity contribution in [3.63, 3.8) is 0 Å². The van der Waals surface area contributed by atoms with Crippen LogP contribution in [-0.2, 0) is 28.7 Å². The standard InChI is InChI=1S/C19H17BrF4N4O2S/c1-3-30-17(29)16(15-13-4-9(21)6-27(13)18(31)25-15)28-7-10-11(19(22,23)24)5-12(20)8(2)14(10)26-28/h5,7,9,16H,3-4,6H2,1-2H3,(H,25,31). The van der Waals surface area contributed by atoms with Crippen LogP contribution in [-0.4, -0.2) is 38.1 Å². The highest BCUT2D eigenvalue weighted by atomic mass is 79.9. The lowest BCUT2D eigenvalue weighted by molar-refractivity contribution is -0.146. The Morgan fingerprint density at radius 2 is 2.19 bits per heavy atom. The van der Waals surface area contributed by atoms with Crippen LogP contribution in [0.2, 0.25) is 0 Å². The first kappa shape index (κ1) is 22.0. The summed E-state index contributed by atoms with van der Waals surface area (Å²) in [5, 5.41) is 4.16. The molecule has 31 heavy (non-hydrogen) atoms. The Kier molecular flexibility index (Phi) is 5.49. The van der Waals surface area contributed by atoms with Crippen molar-refractivity contribution in [2.24, 2.45) is 0 Å². The van der Waals surface area contributed by atoms with Gasteiger partial charge in [0.1, 0.15) is 6.17 Å². The topological polar surface area (TPSA) is 64.8 Å². The van der Waals surface area contributed by atoms with E-state index in [1.807, 2.05) is 0 Å². The highest BCUT2D eigenvalue weighted by Gasteiger charge is 2.38. The van der Waals surface area contributed by atoms with E-state index in [1.54, 1.807) is 18.4 Å². The lowest BCUT2D eigenvalue weighted by Gasteiger charge is -2.16. The smallest absolute Gasteiger partial charge is 0.417 e. The van der Waals surface area contributed by atoms with Gasteiger partial charge in [-0.15, -0.1) is 0 Å².